The van der Waals surface area contributed by atoms with Crippen LogP contribution in [0.15, 0.2) is 78.9 Å². The van der Waals surface area contributed by atoms with Crippen LogP contribution in [0.2, 0.25) is 0 Å². The fraction of sp³-hybridized carbons (Fsp3) is 0.355. The molecule has 0 saturated carbocycles. The molecule has 0 radical (unpaired) electrons. The summed E-state index contributed by atoms with van der Waals surface area (Å²) < 4.78 is 17.7. The number of carbonyl (C=O) groups is 2. The molecule has 0 spiro atoms. The molecule has 3 heterocycles. The molecule has 3 saturated heterocycles. The number of piperidine rings is 3. The van der Waals surface area contributed by atoms with Gasteiger partial charge in [-0.2, -0.15) is 0 Å². The Labute approximate surface area is 223 Å². The van der Waals surface area contributed by atoms with E-state index in [4.69, 9.17) is 14.2 Å². The lowest BCUT2D eigenvalue weighted by molar-refractivity contribution is -0.938. The van der Waals surface area contributed by atoms with Gasteiger partial charge < -0.3 is 24.0 Å². The Bertz CT molecular complexity index is 1260. The lowest BCUT2D eigenvalue weighted by Gasteiger charge is -2.51. The molecule has 38 heavy (non-hydrogen) atoms. The summed E-state index contributed by atoms with van der Waals surface area (Å²) in [5.74, 6) is 1.20. The van der Waals surface area contributed by atoms with Crippen molar-refractivity contribution in [2.24, 2.45) is 5.92 Å². The zero-order valence-electron chi connectivity index (χ0n) is 22.0. The van der Waals surface area contributed by atoms with Crippen molar-refractivity contribution in [2.75, 3.05) is 45.7 Å². The monoisotopic (exact) mass is 515 g/mol. The molecule has 3 aromatic carbocycles. The number of esters is 1. The molecule has 3 aliphatic heterocycles. The topological polar surface area (TPSA) is 73.9 Å². The van der Waals surface area contributed by atoms with Crippen LogP contribution in [0, 0.1) is 5.92 Å². The number of Topliss-reactive ketones (excluding diaryl/α,β-unsaturated/α-hetero) is 1. The Hall–Kier alpha value is -3.84. The van der Waals surface area contributed by atoms with Gasteiger partial charge in [-0.1, -0.05) is 48.5 Å². The van der Waals surface area contributed by atoms with Crippen LogP contribution in [0.5, 0.6) is 11.5 Å². The summed E-state index contributed by atoms with van der Waals surface area (Å²) in [5.41, 5.74) is 2.23. The highest BCUT2D eigenvalue weighted by molar-refractivity contribution is 6.00. The number of fused-ring (bicyclic) bond motifs is 3. The molecule has 7 heteroatoms. The molecule has 3 aromatic rings. The molecule has 7 nitrogen and oxygen atoms in total. The van der Waals surface area contributed by atoms with Gasteiger partial charge in [-0.25, -0.2) is 4.79 Å². The Morgan fingerprint density at radius 2 is 1.61 bits per heavy atom. The zero-order valence-corrected chi connectivity index (χ0v) is 22.0. The molecule has 1 N–H and O–H groups in total. The van der Waals surface area contributed by atoms with Crippen molar-refractivity contribution in [3.05, 3.63) is 90.0 Å². The molecule has 0 unspecified atom stereocenters. The average Bonchev–Trinajstić information content (AvgIpc) is 2.96. The van der Waals surface area contributed by atoms with Crippen LogP contribution in [-0.2, 0) is 9.53 Å². The SMILES string of the molecule is COc1ccc(OC)c(C(=O)C[N+]23CCC(CC2)[C@@H](OC(=O)[C@H](Nc2ccccc2)c2ccccc2)C3)c1. The first kappa shape index (κ1) is 25.8. The summed E-state index contributed by atoms with van der Waals surface area (Å²) in [6.07, 6.45) is 1.64. The number of nitrogens with one attached hydrogen (secondary N) is 1. The predicted molar refractivity (Wildman–Crippen MR) is 145 cm³/mol. The largest absolute Gasteiger partial charge is 0.497 e. The number of nitrogens with zero attached hydrogens (tertiary/aromatic N) is 1. The smallest absolute Gasteiger partial charge is 0.333 e. The summed E-state index contributed by atoms with van der Waals surface area (Å²) in [7, 11) is 3.15. The summed E-state index contributed by atoms with van der Waals surface area (Å²) >= 11 is 0. The maximum atomic E-state index is 13.6. The predicted octanol–water partition coefficient (Wildman–Crippen LogP) is 4.89. The molecule has 0 aromatic heterocycles. The molecule has 0 aliphatic carbocycles. The van der Waals surface area contributed by atoms with Gasteiger partial charge >= 0.3 is 5.97 Å². The third kappa shape index (κ3) is 5.53. The van der Waals surface area contributed by atoms with Gasteiger partial charge in [0, 0.05) is 24.4 Å². The molecule has 0 amide bonds. The Kier molecular flexibility index (Phi) is 7.65. The Balaban J connectivity index is 1.32. The van der Waals surface area contributed by atoms with E-state index in [0.717, 1.165) is 37.2 Å². The number of methoxy groups -OCH3 is 2. The highest BCUT2D eigenvalue weighted by Gasteiger charge is 2.49. The van der Waals surface area contributed by atoms with Crippen molar-refractivity contribution in [2.45, 2.75) is 25.0 Å². The average molecular weight is 516 g/mol. The van der Waals surface area contributed by atoms with E-state index in [-0.39, 0.29) is 17.9 Å². The number of ether oxygens (including phenoxy) is 3. The van der Waals surface area contributed by atoms with E-state index in [1.807, 2.05) is 60.7 Å². The second kappa shape index (κ2) is 11.3. The van der Waals surface area contributed by atoms with Crippen molar-refractivity contribution in [1.82, 2.24) is 0 Å². The van der Waals surface area contributed by atoms with Crippen LogP contribution in [-0.4, -0.2) is 62.7 Å². The molecule has 2 atom stereocenters. The standard InChI is InChI=1S/C31H35N2O5/c1-36-25-13-14-28(37-2)26(19-25)27(34)20-33-17-15-22(16-18-33)29(21-33)38-31(35)30(23-9-5-3-6-10-23)32-24-11-7-4-8-12-24/h3-14,19,22,29-30,32H,15-18,20-21H2,1-2H3/q+1/t22?,29-,30+,33?/m0/s1. The summed E-state index contributed by atoms with van der Waals surface area (Å²) in [4.78, 5) is 27.1. The maximum absolute atomic E-state index is 13.6. The van der Waals surface area contributed by atoms with Crippen LogP contribution < -0.4 is 14.8 Å². The molecular formula is C31H35N2O5+. The van der Waals surface area contributed by atoms with Gasteiger partial charge in [0.2, 0.25) is 5.78 Å². The minimum Gasteiger partial charge on any atom is -0.497 e. The highest BCUT2D eigenvalue weighted by Crippen LogP contribution is 2.37. The lowest BCUT2D eigenvalue weighted by Crippen LogP contribution is -2.65. The van der Waals surface area contributed by atoms with E-state index < -0.39 is 6.04 Å². The van der Waals surface area contributed by atoms with Gasteiger partial charge in [-0.3, -0.25) is 4.79 Å². The van der Waals surface area contributed by atoms with Crippen molar-refractivity contribution >= 4 is 17.4 Å². The van der Waals surface area contributed by atoms with Gasteiger partial charge in [-0.05, 0) is 35.9 Å². The number of carbonyl (C=O) groups excluding carboxylic acids is 2. The van der Waals surface area contributed by atoms with Gasteiger partial charge in [0.1, 0.15) is 24.6 Å². The number of ketones is 1. The van der Waals surface area contributed by atoms with Gasteiger partial charge in [0.05, 0.1) is 32.9 Å². The second-order valence-electron chi connectivity index (χ2n) is 10.3. The van der Waals surface area contributed by atoms with Gasteiger partial charge in [0.25, 0.3) is 0 Å². The Morgan fingerprint density at radius 1 is 0.921 bits per heavy atom. The molecule has 2 bridgehead atoms. The lowest BCUT2D eigenvalue weighted by atomic mass is 9.82. The fourth-order valence-corrected chi connectivity index (χ4v) is 5.84. The molecule has 3 aliphatic rings. The van der Waals surface area contributed by atoms with E-state index in [0.29, 0.717) is 40.6 Å². The van der Waals surface area contributed by atoms with E-state index in [2.05, 4.69) is 5.32 Å². The highest BCUT2D eigenvalue weighted by atomic mass is 16.5. The number of quaternary nitrogens is 1. The number of hydrogen-bond acceptors (Lipinski definition) is 6. The molecular weight excluding hydrogens is 480 g/mol. The number of rotatable bonds is 10. The number of anilines is 1. The van der Waals surface area contributed by atoms with E-state index in [9.17, 15) is 9.59 Å². The van der Waals surface area contributed by atoms with E-state index in [1.165, 1.54) is 0 Å². The first-order chi connectivity index (χ1) is 18.5. The van der Waals surface area contributed by atoms with Crippen LogP contribution in [0.1, 0.15) is 34.8 Å². The minimum absolute atomic E-state index is 0.0130. The third-order valence-corrected chi connectivity index (χ3v) is 7.95. The van der Waals surface area contributed by atoms with E-state index in [1.54, 1.807) is 32.4 Å². The number of para-hydroxylation sites is 1. The van der Waals surface area contributed by atoms with Crippen LogP contribution in [0.25, 0.3) is 0 Å². The normalized spacial score (nSPS) is 22.8. The zero-order chi connectivity index (χ0) is 26.5. The summed E-state index contributed by atoms with van der Waals surface area (Å²) in [6, 6.07) is 24.0. The maximum Gasteiger partial charge on any atom is 0.333 e. The third-order valence-electron chi connectivity index (χ3n) is 7.95. The van der Waals surface area contributed by atoms with Gasteiger partial charge in [-0.15, -0.1) is 0 Å². The number of hydrogen-bond donors (Lipinski definition) is 1. The molecule has 6 rings (SSSR count). The minimum atomic E-state index is -0.620. The summed E-state index contributed by atoms with van der Waals surface area (Å²) in [5, 5.41) is 3.36. The first-order valence-corrected chi connectivity index (χ1v) is 13.2. The Morgan fingerprint density at radius 3 is 2.26 bits per heavy atom. The van der Waals surface area contributed by atoms with Crippen molar-refractivity contribution < 1.29 is 28.3 Å². The van der Waals surface area contributed by atoms with Gasteiger partial charge in [0.15, 0.2) is 12.1 Å². The first-order valence-electron chi connectivity index (χ1n) is 13.2. The van der Waals surface area contributed by atoms with Crippen molar-refractivity contribution in [3.63, 3.8) is 0 Å². The molecule has 3 fully saturated rings. The summed E-state index contributed by atoms with van der Waals surface area (Å²) in [6.45, 7) is 2.79. The van der Waals surface area contributed by atoms with Crippen LogP contribution in [0.4, 0.5) is 5.69 Å². The van der Waals surface area contributed by atoms with Crippen molar-refractivity contribution in [3.8, 4) is 11.5 Å². The quantitative estimate of drug-likeness (QED) is 0.235. The van der Waals surface area contributed by atoms with Crippen LogP contribution >= 0.6 is 0 Å². The van der Waals surface area contributed by atoms with Crippen molar-refractivity contribution in [1.29, 1.82) is 0 Å². The fourth-order valence-electron chi connectivity index (χ4n) is 5.84. The molecule has 198 valence electrons. The van der Waals surface area contributed by atoms with E-state index >= 15 is 0 Å². The second-order valence-corrected chi connectivity index (χ2v) is 10.3. The van der Waals surface area contributed by atoms with Crippen LogP contribution in [0.3, 0.4) is 0 Å². The number of benzene rings is 3.